The van der Waals surface area contributed by atoms with E-state index in [2.05, 4.69) is 4.99 Å². The SMILES string of the molecule is CN=C(N)COc1cc2c(c(Cl)c1Cl)C1=CC(=O)C3CCCC1(C2)C3. The Labute approximate surface area is 157 Å². The molecule has 4 rings (SSSR count). The number of carbonyl (C=O) groups excluding carboxylic acids is 1. The monoisotopic (exact) mass is 378 g/mol. The summed E-state index contributed by atoms with van der Waals surface area (Å²) < 4.78 is 5.71. The van der Waals surface area contributed by atoms with Gasteiger partial charge in [0.25, 0.3) is 0 Å². The van der Waals surface area contributed by atoms with E-state index < -0.39 is 0 Å². The molecule has 3 aliphatic carbocycles. The smallest absolute Gasteiger partial charge is 0.159 e. The van der Waals surface area contributed by atoms with Crippen LogP contribution in [0.3, 0.4) is 0 Å². The second-order valence-electron chi connectivity index (χ2n) is 7.25. The van der Waals surface area contributed by atoms with E-state index in [1.165, 1.54) is 0 Å². The molecule has 0 heterocycles. The van der Waals surface area contributed by atoms with Crippen LogP contribution in [0.2, 0.25) is 10.0 Å². The number of nitrogens with zero attached hydrogens (tertiary/aromatic N) is 1. The van der Waals surface area contributed by atoms with Crippen LogP contribution >= 0.6 is 23.2 Å². The predicted octanol–water partition coefficient (Wildman–Crippen LogP) is 4.06. The van der Waals surface area contributed by atoms with E-state index >= 15 is 0 Å². The van der Waals surface area contributed by atoms with Gasteiger partial charge in [0.1, 0.15) is 23.2 Å². The zero-order valence-electron chi connectivity index (χ0n) is 14.1. The molecule has 132 valence electrons. The predicted molar refractivity (Wildman–Crippen MR) is 101 cm³/mol. The highest BCUT2D eigenvalue weighted by atomic mass is 35.5. The van der Waals surface area contributed by atoms with Crippen LogP contribution in [0, 0.1) is 11.3 Å². The molecule has 0 aromatic heterocycles. The second-order valence-corrected chi connectivity index (χ2v) is 8.01. The summed E-state index contributed by atoms with van der Waals surface area (Å²) in [7, 11) is 1.61. The van der Waals surface area contributed by atoms with Gasteiger partial charge in [-0.25, -0.2) is 0 Å². The maximum atomic E-state index is 12.4. The maximum Gasteiger partial charge on any atom is 0.159 e. The third-order valence-electron chi connectivity index (χ3n) is 5.82. The Morgan fingerprint density at radius 1 is 1.44 bits per heavy atom. The molecule has 2 unspecified atom stereocenters. The molecular formula is C19H20Cl2N2O2. The van der Waals surface area contributed by atoms with Gasteiger partial charge in [-0.15, -0.1) is 0 Å². The van der Waals surface area contributed by atoms with Crippen molar-refractivity contribution in [2.75, 3.05) is 13.7 Å². The van der Waals surface area contributed by atoms with Gasteiger partial charge in [-0.05, 0) is 49.0 Å². The summed E-state index contributed by atoms with van der Waals surface area (Å²) in [6, 6.07) is 1.95. The first kappa shape index (κ1) is 16.9. The van der Waals surface area contributed by atoms with Crippen LogP contribution in [-0.4, -0.2) is 25.3 Å². The maximum absolute atomic E-state index is 12.4. The highest BCUT2D eigenvalue weighted by Gasteiger charge is 2.50. The van der Waals surface area contributed by atoms with Gasteiger partial charge in [0.15, 0.2) is 5.78 Å². The molecule has 0 radical (unpaired) electrons. The first-order valence-electron chi connectivity index (χ1n) is 8.56. The molecule has 25 heavy (non-hydrogen) atoms. The number of fused-ring (bicyclic) bond motifs is 3. The number of hydrogen-bond donors (Lipinski definition) is 1. The first-order chi connectivity index (χ1) is 11.9. The third kappa shape index (κ3) is 2.58. The fourth-order valence-electron chi connectivity index (χ4n) is 4.63. The third-order valence-corrected chi connectivity index (χ3v) is 6.67. The molecule has 0 saturated heterocycles. The molecule has 1 fully saturated rings. The average Bonchev–Trinajstić information content (AvgIpc) is 2.89. The van der Waals surface area contributed by atoms with E-state index in [-0.39, 0.29) is 23.7 Å². The Morgan fingerprint density at radius 2 is 2.24 bits per heavy atom. The highest BCUT2D eigenvalue weighted by molar-refractivity contribution is 6.44. The van der Waals surface area contributed by atoms with Crippen LogP contribution in [0.1, 0.15) is 36.8 Å². The van der Waals surface area contributed by atoms with Crippen molar-refractivity contribution in [2.45, 2.75) is 32.1 Å². The zero-order valence-corrected chi connectivity index (χ0v) is 15.6. The summed E-state index contributed by atoms with van der Waals surface area (Å²) >= 11 is 13.1. The van der Waals surface area contributed by atoms with Gasteiger partial charge < -0.3 is 10.5 Å². The normalized spacial score (nSPS) is 27.6. The van der Waals surface area contributed by atoms with Gasteiger partial charge in [-0.2, -0.15) is 0 Å². The van der Waals surface area contributed by atoms with Crippen molar-refractivity contribution >= 4 is 40.4 Å². The van der Waals surface area contributed by atoms with Crippen LogP contribution in [0.15, 0.2) is 17.1 Å². The molecule has 2 atom stereocenters. The van der Waals surface area contributed by atoms with Crippen molar-refractivity contribution in [3.05, 3.63) is 33.3 Å². The molecule has 1 aromatic rings. The Bertz CT molecular complexity index is 831. The van der Waals surface area contributed by atoms with E-state index in [0.717, 1.165) is 48.8 Å². The lowest BCUT2D eigenvalue weighted by Crippen LogP contribution is -2.35. The minimum Gasteiger partial charge on any atom is -0.484 e. The molecule has 4 nitrogen and oxygen atoms in total. The van der Waals surface area contributed by atoms with Gasteiger partial charge >= 0.3 is 0 Å². The van der Waals surface area contributed by atoms with Crippen LogP contribution in [0.5, 0.6) is 5.75 Å². The zero-order chi connectivity index (χ0) is 17.8. The molecule has 1 aromatic carbocycles. The van der Waals surface area contributed by atoms with Crippen molar-refractivity contribution < 1.29 is 9.53 Å². The van der Waals surface area contributed by atoms with Crippen molar-refractivity contribution in [3.63, 3.8) is 0 Å². The number of ketones is 1. The first-order valence-corrected chi connectivity index (χ1v) is 9.32. The molecule has 0 aliphatic heterocycles. The standard InChI is InChI=1S/C19H20Cl2N2O2/c1-23-15(22)9-25-14-5-11-8-19-4-2-3-10(7-19)13(24)6-12(19)16(11)18(21)17(14)20/h5-6,10H,2-4,7-9H2,1H3,(H2,22,23). The number of rotatable bonds is 3. The van der Waals surface area contributed by atoms with Gasteiger partial charge in [0.2, 0.25) is 0 Å². The van der Waals surface area contributed by atoms with E-state index in [4.69, 9.17) is 33.7 Å². The number of aliphatic imine (C=N–C) groups is 1. The topological polar surface area (TPSA) is 64.7 Å². The number of amidine groups is 1. The van der Waals surface area contributed by atoms with Crippen molar-refractivity contribution in [3.8, 4) is 5.75 Å². The molecule has 0 amide bonds. The van der Waals surface area contributed by atoms with Crippen LogP contribution in [0.4, 0.5) is 0 Å². The Morgan fingerprint density at radius 3 is 3.00 bits per heavy atom. The summed E-state index contributed by atoms with van der Waals surface area (Å²) in [5.41, 5.74) is 8.86. The van der Waals surface area contributed by atoms with Gasteiger partial charge in [0.05, 0.1) is 5.02 Å². The Kier molecular flexibility index (Phi) is 4.08. The number of halogens is 2. The van der Waals surface area contributed by atoms with Gasteiger partial charge in [-0.1, -0.05) is 29.6 Å². The molecule has 1 spiro atoms. The van der Waals surface area contributed by atoms with E-state index in [1.54, 1.807) is 7.05 Å². The number of carbonyl (C=O) groups is 1. The van der Waals surface area contributed by atoms with E-state index in [1.807, 2.05) is 12.1 Å². The van der Waals surface area contributed by atoms with Gasteiger partial charge in [-0.3, -0.25) is 9.79 Å². The van der Waals surface area contributed by atoms with Crippen LogP contribution in [-0.2, 0) is 11.2 Å². The van der Waals surface area contributed by atoms with Crippen LogP contribution in [0.25, 0.3) is 5.57 Å². The largest absolute Gasteiger partial charge is 0.484 e. The van der Waals surface area contributed by atoms with Crippen molar-refractivity contribution in [2.24, 2.45) is 22.1 Å². The number of ether oxygens (including phenoxy) is 1. The van der Waals surface area contributed by atoms with Gasteiger partial charge in [0, 0.05) is 23.9 Å². The van der Waals surface area contributed by atoms with E-state index in [9.17, 15) is 4.79 Å². The minimum absolute atomic E-state index is 0.0364. The van der Waals surface area contributed by atoms with Crippen LogP contribution < -0.4 is 10.5 Å². The highest BCUT2D eigenvalue weighted by Crippen LogP contribution is 2.61. The lowest BCUT2D eigenvalue weighted by atomic mass is 9.61. The van der Waals surface area contributed by atoms with E-state index in [0.29, 0.717) is 21.6 Å². The minimum atomic E-state index is 0.0364. The summed E-state index contributed by atoms with van der Waals surface area (Å²) in [6.45, 7) is 0.166. The fraction of sp³-hybridized carbons (Fsp3) is 0.474. The summed E-state index contributed by atoms with van der Waals surface area (Å²) in [5, 5.41) is 0.841. The van der Waals surface area contributed by atoms with Crippen molar-refractivity contribution in [1.82, 2.24) is 0 Å². The molecule has 2 bridgehead atoms. The average molecular weight is 379 g/mol. The lowest BCUT2D eigenvalue weighted by molar-refractivity contribution is -0.120. The van der Waals surface area contributed by atoms with Crippen molar-refractivity contribution in [1.29, 1.82) is 0 Å². The quantitative estimate of drug-likeness (QED) is 0.636. The summed E-state index contributed by atoms with van der Waals surface area (Å²) in [6.07, 6.45) is 6.81. The second kappa shape index (κ2) is 6.03. The molecular weight excluding hydrogens is 359 g/mol. The number of nitrogens with two attached hydrogens (primary N) is 1. The molecule has 1 saturated carbocycles. The number of hydrogen-bond acceptors (Lipinski definition) is 3. The lowest BCUT2D eigenvalue weighted by Gasteiger charge is -2.42. The number of allylic oxidation sites excluding steroid dienone is 2. The molecule has 3 aliphatic rings. The molecule has 6 heteroatoms. The Balaban J connectivity index is 1.77. The number of benzene rings is 1. The summed E-state index contributed by atoms with van der Waals surface area (Å²) in [4.78, 5) is 16.3. The summed E-state index contributed by atoms with van der Waals surface area (Å²) in [5.74, 6) is 1.31. The molecule has 2 N–H and O–H groups in total. The Hall–Kier alpha value is -1.52. The fourth-order valence-corrected chi connectivity index (χ4v) is 5.15.